The number of carboxylic acids is 1. The van der Waals surface area contributed by atoms with Crippen LogP contribution >= 0.6 is 11.6 Å². The SMILES string of the molecule is O=C(O)C(c1cccc(Cl)c1)C1CNC1. The smallest absolute Gasteiger partial charge is 0.311 e. The van der Waals surface area contributed by atoms with Crippen molar-refractivity contribution in [2.75, 3.05) is 13.1 Å². The van der Waals surface area contributed by atoms with Gasteiger partial charge in [-0.1, -0.05) is 23.7 Å². The van der Waals surface area contributed by atoms with Crippen molar-refractivity contribution in [1.82, 2.24) is 5.32 Å². The lowest BCUT2D eigenvalue weighted by Crippen LogP contribution is -2.47. The summed E-state index contributed by atoms with van der Waals surface area (Å²) in [5.41, 5.74) is 0.793. The van der Waals surface area contributed by atoms with Gasteiger partial charge in [0.15, 0.2) is 0 Å². The molecule has 1 aromatic rings. The number of nitrogens with one attached hydrogen (secondary N) is 1. The predicted molar refractivity (Wildman–Crippen MR) is 58.2 cm³/mol. The van der Waals surface area contributed by atoms with Gasteiger partial charge in [0.2, 0.25) is 0 Å². The molecule has 1 unspecified atom stereocenters. The van der Waals surface area contributed by atoms with Gasteiger partial charge in [-0.25, -0.2) is 0 Å². The zero-order chi connectivity index (χ0) is 10.8. The van der Waals surface area contributed by atoms with Gasteiger partial charge in [0.05, 0.1) is 5.92 Å². The number of benzene rings is 1. The van der Waals surface area contributed by atoms with Gasteiger partial charge in [0, 0.05) is 24.0 Å². The Kier molecular flexibility index (Phi) is 2.93. The minimum atomic E-state index is -0.774. The van der Waals surface area contributed by atoms with Gasteiger partial charge >= 0.3 is 5.97 Å². The van der Waals surface area contributed by atoms with Crippen molar-refractivity contribution >= 4 is 17.6 Å². The molecule has 1 atom stereocenters. The second-order valence-corrected chi connectivity index (χ2v) is 4.23. The lowest BCUT2D eigenvalue weighted by molar-refractivity contribution is -0.140. The van der Waals surface area contributed by atoms with Crippen LogP contribution in [0.3, 0.4) is 0 Å². The van der Waals surface area contributed by atoms with Crippen LogP contribution in [0.5, 0.6) is 0 Å². The lowest BCUT2D eigenvalue weighted by atomic mass is 9.82. The van der Waals surface area contributed by atoms with E-state index in [0.29, 0.717) is 5.02 Å². The number of hydrogen-bond donors (Lipinski definition) is 2. The molecule has 1 aliphatic heterocycles. The van der Waals surface area contributed by atoms with Gasteiger partial charge in [-0.2, -0.15) is 0 Å². The Labute approximate surface area is 93.1 Å². The summed E-state index contributed by atoms with van der Waals surface area (Å²) in [7, 11) is 0. The maximum absolute atomic E-state index is 11.2. The molecule has 1 saturated heterocycles. The summed E-state index contributed by atoms with van der Waals surface area (Å²) in [6, 6.07) is 7.10. The van der Waals surface area contributed by atoms with Crippen molar-refractivity contribution in [3.8, 4) is 0 Å². The zero-order valence-electron chi connectivity index (χ0n) is 8.11. The van der Waals surface area contributed by atoms with Crippen LogP contribution in [0.1, 0.15) is 11.5 Å². The Balaban J connectivity index is 2.27. The fraction of sp³-hybridized carbons (Fsp3) is 0.364. The molecule has 1 fully saturated rings. The standard InChI is InChI=1S/C11H12ClNO2/c12-9-3-1-2-7(4-9)10(11(14)15)8-5-13-6-8/h1-4,8,10,13H,5-6H2,(H,14,15). The molecule has 0 radical (unpaired) electrons. The number of aliphatic carboxylic acids is 1. The average Bonchev–Trinajstić information content (AvgIpc) is 2.10. The molecule has 0 aromatic heterocycles. The number of carboxylic acid groups (broad SMARTS) is 1. The minimum absolute atomic E-state index is 0.181. The lowest BCUT2D eigenvalue weighted by Gasteiger charge is -2.32. The van der Waals surface area contributed by atoms with Crippen LogP contribution in [-0.2, 0) is 4.79 Å². The monoisotopic (exact) mass is 225 g/mol. The highest BCUT2D eigenvalue weighted by atomic mass is 35.5. The van der Waals surface area contributed by atoms with E-state index in [4.69, 9.17) is 11.6 Å². The summed E-state index contributed by atoms with van der Waals surface area (Å²) in [5, 5.41) is 12.9. The van der Waals surface area contributed by atoms with E-state index in [-0.39, 0.29) is 5.92 Å². The predicted octanol–water partition coefficient (Wildman–Crippen LogP) is 1.73. The van der Waals surface area contributed by atoms with E-state index in [1.54, 1.807) is 18.2 Å². The van der Waals surface area contributed by atoms with E-state index in [1.807, 2.05) is 6.07 Å². The molecule has 15 heavy (non-hydrogen) atoms. The van der Waals surface area contributed by atoms with E-state index in [1.165, 1.54) is 0 Å². The highest BCUT2D eigenvalue weighted by Crippen LogP contribution is 2.29. The minimum Gasteiger partial charge on any atom is -0.481 e. The maximum atomic E-state index is 11.2. The Morgan fingerprint density at radius 3 is 2.73 bits per heavy atom. The fourth-order valence-electron chi connectivity index (χ4n) is 1.86. The molecule has 80 valence electrons. The highest BCUT2D eigenvalue weighted by Gasteiger charge is 2.33. The van der Waals surface area contributed by atoms with Crippen molar-refractivity contribution in [3.63, 3.8) is 0 Å². The van der Waals surface area contributed by atoms with Crippen molar-refractivity contribution < 1.29 is 9.90 Å². The first-order chi connectivity index (χ1) is 7.18. The highest BCUT2D eigenvalue weighted by molar-refractivity contribution is 6.30. The van der Waals surface area contributed by atoms with Crippen LogP contribution in [0.4, 0.5) is 0 Å². The largest absolute Gasteiger partial charge is 0.481 e. The molecule has 1 aliphatic rings. The molecule has 1 heterocycles. The molecule has 0 saturated carbocycles. The molecule has 0 aliphatic carbocycles. The maximum Gasteiger partial charge on any atom is 0.311 e. The van der Waals surface area contributed by atoms with Crippen LogP contribution in [-0.4, -0.2) is 24.2 Å². The number of carbonyl (C=O) groups is 1. The molecular formula is C11H12ClNO2. The third-order valence-corrected chi connectivity index (χ3v) is 2.99. The van der Waals surface area contributed by atoms with Crippen molar-refractivity contribution in [3.05, 3.63) is 34.9 Å². The quantitative estimate of drug-likeness (QED) is 0.824. The first-order valence-electron chi connectivity index (χ1n) is 4.87. The molecular weight excluding hydrogens is 214 g/mol. The van der Waals surface area contributed by atoms with Crippen molar-refractivity contribution in [1.29, 1.82) is 0 Å². The van der Waals surface area contributed by atoms with Crippen LogP contribution in [0.25, 0.3) is 0 Å². The molecule has 4 heteroatoms. The van der Waals surface area contributed by atoms with Crippen LogP contribution in [0.2, 0.25) is 5.02 Å². The molecule has 0 bridgehead atoms. The van der Waals surface area contributed by atoms with E-state index >= 15 is 0 Å². The number of hydrogen-bond acceptors (Lipinski definition) is 2. The van der Waals surface area contributed by atoms with Crippen molar-refractivity contribution in [2.24, 2.45) is 5.92 Å². The normalized spacial score (nSPS) is 18.2. The summed E-state index contributed by atoms with van der Waals surface area (Å²) in [6.45, 7) is 1.53. The summed E-state index contributed by atoms with van der Waals surface area (Å²) in [6.07, 6.45) is 0. The summed E-state index contributed by atoms with van der Waals surface area (Å²) in [4.78, 5) is 11.2. The van der Waals surface area contributed by atoms with E-state index in [0.717, 1.165) is 18.7 Å². The first-order valence-corrected chi connectivity index (χ1v) is 5.25. The number of rotatable bonds is 3. The molecule has 3 nitrogen and oxygen atoms in total. The molecule has 0 amide bonds. The third-order valence-electron chi connectivity index (χ3n) is 2.76. The fourth-order valence-corrected chi connectivity index (χ4v) is 2.06. The second-order valence-electron chi connectivity index (χ2n) is 3.79. The van der Waals surface area contributed by atoms with Crippen LogP contribution < -0.4 is 5.32 Å². The summed E-state index contributed by atoms with van der Waals surface area (Å²) >= 11 is 5.85. The van der Waals surface area contributed by atoms with Crippen LogP contribution in [0.15, 0.2) is 24.3 Å². The molecule has 0 spiro atoms. The first kappa shape index (κ1) is 10.5. The van der Waals surface area contributed by atoms with E-state index in [2.05, 4.69) is 5.32 Å². The third kappa shape index (κ3) is 2.13. The second kappa shape index (κ2) is 4.21. The Bertz CT molecular complexity index is 377. The summed E-state index contributed by atoms with van der Waals surface area (Å²) < 4.78 is 0. The van der Waals surface area contributed by atoms with Gasteiger partial charge in [0.1, 0.15) is 0 Å². The molecule has 1 aromatic carbocycles. The zero-order valence-corrected chi connectivity index (χ0v) is 8.87. The van der Waals surface area contributed by atoms with E-state index in [9.17, 15) is 9.90 Å². The van der Waals surface area contributed by atoms with E-state index < -0.39 is 11.9 Å². The van der Waals surface area contributed by atoms with Crippen molar-refractivity contribution in [2.45, 2.75) is 5.92 Å². The number of halogens is 1. The molecule has 2 rings (SSSR count). The van der Waals surface area contributed by atoms with Crippen LogP contribution in [0, 0.1) is 5.92 Å². The average molecular weight is 226 g/mol. The topological polar surface area (TPSA) is 49.3 Å². The van der Waals surface area contributed by atoms with Gasteiger partial charge in [0.25, 0.3) is 0 Å². The van der Waals surface area contributed by atoms with Gasteiger partial charge in [-0.3, -0.25) is 4.79 Å². The van der Waals surface area contributed by atoms with Gasteiger partial charge in [-0.05, 0) is 17.7 Å². The summed E-state index contributed by atoms with van der Waals surface area (Å²) in [5.74, 6) is -1.03. The van der Waals surface area contributed by atoms with Gasteiger partial charge in [-0.15, -0.1) is 0 Å². The van der Waals surface area contributed by atoms with Gasteiger partial charge < -0.3 is 10.4 Å². The Morgan fingerprint density at radius 2 is 2.27 bits per heavy atom. The Hall–Kier alpha value is -1.06. The Morgan fingerprint density at radius 1 is 1.53 bits per heavy atom. The molecule has 2 N–H and O–H groups in total.